The third kappa shape index (κ3) is 3.07. The molecule has 1 aromatic heterocycles. The van der Waals surface area contributed by atoms with Crippen molar-refractivity contribution in [2.75, 3.05) is 0 Å². The topological polar surface area (TPSA) is 55.5 Å². The zero-order valence-electron chi connectivity index (χ0n) is 9.87. The number of hydrogen-bond acceptors (Lipinski definition) is 4. The molecule has 0 aliphatic carbocycles. The second kappa shape index (κ2) is 3.98. The molecule has 4 nitrogen and oxygen atoms in total. The van der Waals surface area contributed by atoms with Gasteiger partial charge in [-0.15, -0.1) is 0 Å². The summed E-state index contributed by atoms with van der Waals surface area (Å²) in [6.45, 7) is 8.79. The van der Waals surface area contributed by atoms with Crippen LogP contribution < -0.4 is 5.66 Å². The molecule has 0 aliphatic heterocycles. The summed E-state index contributed by atoms with van der Waals surface area (Å²) in [7, 11) is 1.47. The van der Waals surface area contributed by atoms with E-state index in [1.807, 2.05) is 13.8 Å². The fourth-order valence-corrected chi connectivity index (χ4v) is 0.782. The van der Waals surface area contributed by atoms with Gasteiger partial charge in [-0.1, -0.05) is 0 Å². The van der Waals surface area contributed by atoms with Gasteiger partial charge in [-0.05, 0) is 27.7 Å². The summed E-state index contributed by atoms with van der Waals surface area (Å²) >= 11 is 0. The number of rotatable bonds is 4. The number of oxazole rings is 1. The first-order valence-electron chi connectivity index (χ1n) is 4.88. The third-order valence-corrected chi connectivity index (χ3v) is 2.58. The number of aliphatic hydroxyl groups is 1. The highest BCUT2D eigenvalue weighted by atomic mass is 16.5. The van der Waals surface area contributed by atoms with E-state index < -0.39 is 11.2 Å². The highest BCUT2D eigenvalue weighted by Gasteiger charge is 2.36. The monoisotopic (exact) mass is 210 g/mol. The van der Waals surface area contributed by atoms with E-state index in [1.54, 1.807) is 27.0 Å². The zero-order chi connectivity index (χ0) is 11.7. The van der Waals surface area contributed by atoms with Gasteiger partial charge in [0.05, 0.1) is 17.4 Å². The van der Waals surface area contributed by atoms with Crippen molar-refractivity contribution in [3.63, 3.8) is 0 Å². The van der Waals surface area contributed by atoms with E-state index >= 15 is 0 Å². The minimum absolute atomic E-state index is 0.546. The van der Waals surface area contributed by atoms with Crippen molar-refractivity contribution in [2.24, 2.45) is 0 Å². The molecule has 0 spiro atoms. The van der Waals surface area contributed by atoms with Crippen LogP contribution in [0.2, 0.25) is 0 Å². The van der Waals surface area contributed by atoms with E-state index in [0.29, 0.717) is 11.6 Å². The van der Waals surface area contributed by atoms with Crippen LogP contribution in [0.1, 0.15) is 33.6 Å². The highest BCUT2D eigenvalue weighted by Crippen LogP contribution is 2.24. The molecule has 15 heavy (non-hydrogen) atoms. The first kappa shape index (κ1) is 12.3. The van der Waals surface area contributed by atoms with Crippen LogP contribution in [0.4, 0.5) is 0 Å². The van der Waals surface area contributed by atoms with Crippen molar-refractivity contribution in [1.82, 2.24) is 4.98 Å². The van der Waals surface area contributed by atoms with Gasteiger partial charge in [0.2, 0.25) is 0 Å². The molecule has 0 saturated carbocycles. The highest BCUT2D eigenvalue weighted by molar-refractivity contribution is 6.45. The van der Waals surface area contributed by atoms with Crippen LogP contribution in [0.15, 0.2) is 10.6 Å². The SMILES string of the molecule is Cc1ncc([B]OC(C)(C)C(C)(C)O)o1. The largest absolute Gasteiger partial charge is 0.454 e. The molecule has 0 saturated heterocycles. The standard InChI is InChI=1S/C10H17BNO3/c1-7-12-6-8(14-7)11-15-10(4,5)9(2,3)13/h6,13H,1-5H3. The van der Waals surface area contributed by atoms with E-state index in [-0.39, 0.29) is 0 Å². The summed E-state index contributed by atoms with van der Waals surface area (Å²) in [5.41, 5.74) is -1.07. The molecule has 0 unspecified atom stereocenters. The normalized spacial score (nSPS) is 12.9. The maximum atomic E-state index is 9.84. The Morgan fingerprint density at radius 3 is 2.40 bits per heavy atom. The molecule has 0 atom stereocenters. The summed E-state index contributed by atoms with van der Waals surface area (Å²) in [4.78, 5) is 3.94. The maximum absolute atomic E-state index is 9.84. The van der Waals surface area contributed by atoms with E-state index in [2.05, 4.69) is 4.98 Å². The molecule has 5 heteroatoms. The van der Waals surface area contributed by atoms with Gasteiger partial charge in [-0.2, -0.15) is 0 Å². The Bertz CT molecular complexity index is 328. The van der Waals surface area contributed by atoms with Gasteiger partial charge in [-0.25, -0.2) is 4.98 Å². The summed E-state index contributed by atoms with van der Waals surface area (Å²) in [5, 5.41) is 9.84. The first-order chi connectivity index (χ1) is 6.72. The number of nitrogens with zero attached hydrogens (tertiary/aromatic N) is 1. The summed E-state index contributed by atoms with van der Waals surface area (Å²) in [6, 6.07) is 0. The molecule has 0 bridgehead atoms. The molecule has 0 aliphatic rings. The molecule has 1 radical (unpaired) electrons. The van der Waals surface area contributed by atoms with E-state index in [1.165, 1.54) is 7.48 Å². The van der Waals surface area contributed by atoms with Gasteiger partial charge in [-0.3, -0.25) is 0 Å². The van der Waals surface area contributed by atoms with Crippen LogP contribution in [0.25, 0.3) is 0 Å². The van der Waals surface area contributed by atoms with Crippen LogP contribution >= 0.6 is 0 Å². The molecular formula is C10H17BNO3. The second-order valence-corrected chi connectivity index (χ2v) is 4.59. The van der Waals surface area contributed by atoms with Crippen LogP contribution in [0, 0.1) is 6.92 Å². The van der Waals surface area contributed by atoms with E-state index in [9.17, 15) is 5.11 Å². The number of hydrogen-bond donors (Lipinski definition) is 1. The third-order valence-electron chi connectivity index (χ3n) is 2.58. The molecule has 0 aromatic carbocycles. The minimum Gasteiger partial charge on any atom is -0.454 e. The van der Waals surface area contributed by atoms with Crippen molar-refractivity contribution in [3.8, 4) is 0 Å². The van der Waals surface area contributed by atoms with Gasteiger partial charge >= 0.3 is 7.48 Å². The van der Waals surface area contributed by atoms with Crippen LogP contribution in [-0.2, 0) is 4.65 Å². The van der Waals surface area contributed by atoms with Gasteiger partial charge < -0.3 is 14.2 Å². The lowest BCUT2D eigenvalue weighted by Crippen LogP contribution is -2.49. The molecule has 0 amide bonds. The van der Waals surface area contributed by atoms with Crippen LogP contribution in [0.3, 0.4) is 0 Å². The maximum Gasteiger partial charge on any atom is 0.378 e. The molecule has 0 fully saturated rings. The van der Waals surface area contributed by atoms with E-state index in [4.69, 9.17) is 9.07 Å². The molecular weight excluding hydrogens is 193 g/mol. The van der Waals surface area contributed by atoms with E-state index in [0.717, 1.165) is 0 Å². The van der Waals surface area contributed by atoms with Crippen molar-refractivity contribution in [1.29, 1.82) is 0 Å². The second-order valence-electron chi connectivity index (χ2n) is 4.59. The van der Waals surface area contributed by atoms with Crippen molar-refractivity contribution >= 4 is 13.1 Å². The van der Waals surface area contributed by atoms with Crippen LogP contribution in [-0.4, -0.2) is 28.8 Å². The first-order valence-corrected chi connectivity index (χ1v) is 4.88. The Morgan fingerprint density at radius 1 is 1.40 bits per heavy atom. The molecule has 1 heterocycles. The molecule has 83 valence electrons. The Hall–Kier alpha value is -0.805. The van der Waals surface area contributed by atoms with Gasteiger partial charge in [0.1, 0.15) is 5.66 Å². The van der Waals surface area contributed by atoms with Gasteiger partial charge in [0.15, 0.2) is 5.89 Å². The van der Waals surface area contributed by atoms with Crippen LogP contribution in [0.5, 0.6) is 0 Å². The Labute approximate surface area is 90.9 Å². The molecule has 1 N–H and O–H groups in total. The van der Waals surface area contributed by atoms with Gasteiger partial charge in [0, 0.05) is 6.92 Å². The molecule has 1 rings (SSSR count). The lowest BCUT2D eigenvalue weighted by molar-refractivity contribution is -0.0895. The minimum atomic E-state index is -0.932. The number of aryl methyl sites for hydroxylation is 1. The van der Waals surface area contributed by atoms with Crippen molar-refractivity contribution in [3.05, 3.63) is 12.1 Å². The lowest BCUT2D eigenvalue weighted by Gasteiger charge is -2.37. The smallest absolute Gasteiger partial charge is 0.378 e. The Morgan fingerprint density at radius 2 is 2.00 bits per heavy atom. The number of aromatic nitrogens is 1. The summed E-state index contributed by atoms with van der Waals surface area (Å²) < 4.78 is 10.7. The predicted molar refractivity (Wildman–Crippen MR) is 58.1 cm³/mol. The average Bonchev–Trinajstić information content (AvgIpc) is 2.46. The fraction of sp³-hybridized carbons (Fsp3) is 0.700. The average molecular weight is 210 g/mol. The summed E-state index contributed by atoms with van der Waals surface area (Å²) in [6.07, 6.45) is 1.58. The summed E-state index contributed by atoms with van der Waals surface area (Å²) in [5.74, 6) is 0.589. The fourth-order valence-electron chi connectivity index (χ4n) is 0.782. The van der Waals surface area contributed by atoms with Gasteiger partial charge in [0.25, 0.3) is 0 Å². The zero-order valence-corrected chi connectivity index (χ0v) is 9.87. The predicted octanol–water partition coefficient (Wildman–Crippen LogP) is 0.794. The quantitative estimate of drug-likeness (QED) is 0.746. The van der Waals surface area contributed by atoms with Crippen molar-refractivity contribution in [2.45, 2.75) is 45.8 Å². The Balaban J connectivity index is 2.57. The lowest BCUT2D eigenvalue weighted by atomic mass is 9.86. The van der Waals surface area contributed by atoms with Crippen molar-refractivity contribution < 1.29 is 14.2 Å². The Kier molecular flexibility index (Phi) is 3.26. The molecule has 1 aromatic rings.